The van der Waals surface area contributed by atoms with Crippen molar-refractivity contribution in [2.75, 3.05) is 40.4 Å². The van der Waals surface area contributed by atoms with E-state index in [4.69, 9.17) is 9.47 Å². The Labute approximate surface area is 182 Å². The Kier molecular flexibility index (Phi) is 5.58. The summed E-state index contributed by atoms with van der Waals surface area (Å²) in [5.41, 5.74) is 5.45. The second kappa shape index (κ2) is 8.51. The maximum Gasteiger partial charge on any atom is 0.274 e. The number of rotatable bonds is 4. The largest absolute Gasteiger partial charge is 0.493 e. The summed E-state index contributed by atoms with van der Waals surface area (Å²) in [4.78, 5) is 17.6. The number of piperidine rings is 1. The second-order valence-corrected chi connectivity index (χ2v) is 8.68. The van der Waals surface area contributed by atoms with Crippen LogP contribution in [-0.4, -0.2) is 72.3 Å². The number of H-pyrrole nitrogens is 1. The molecule has 5 rings (SSSR count). The van der Waals surface area contributed by atoms with E-state index in [0.29, 0.717) is 11.7 Å². The number of nitrogens with zero attached hydrogens (tertiary/aromatic N) is 3. The molecule has 166 valence electrons. The molecular weight excluding hydrogens is 394 g/mol. The highest BCUT2D eigenvalue weighted by Crippen LogP contribution is 2.34. The average Bonchev–Trinajstić information content (AvgIpc) is 3.26. The van der Waals surface area contributed by atoms with Crippen LogP contribution in [0.1, 0.15) is 45.7 Å². The van der Waals surface area contributed by atoms with Crippen LogP contribution in [0, 0.1) is 0 Å². The summed E-state index contributed by atoms with van der Waals surface area (Å²) in [5.74, 6) is 1.68. The van der Waals surface area contributed by atoms with Crippen molar-refractivity contribution in [1.82, 2.24) is 25.3 Å². The highest BCUT2D eigenvalue weighted by atomic mass is 16.5. The van der Waals surface area contributed by atoms with E-state index in [9.17, 15) is 4.79 Å². The lowest BCUT2D eigenvalue weighted by molar-refractivity contribution is 0.0593. The van der Waals surface area contributed by atoms with E-state index in [0.717, 1.165) is 87.7 Å². The first kappa shape index (κ1) is 20.3. The first-order chi connectivity index (χ1) is 15.2. The Morgan fingerprint density at radius 2 is 1.81 bits per heavy atom. The summed E-state index contributed by atoms with van der Waals surface area (Å²) in [5, 5.41) is 10.7. The molecule has 0 bridgehead atoms. The van der Waals surface area contributed by atoms with E-state index in [1.807, 2.05) is 4.90 Å². The lowest BCUT2D eigenvalue weighted by Gasteiger charge is -2.40. The van der Waals surface area contributed by atoms with Gasteiger partial charge in [0.25, 0.3) is 5.91 Å². The molecule has 2 aromatic rings. The summed E-state index contributed by atoms with van der Waals surface area (Å²) >= 11 is 0. The zero-order valence-electron chi connectivity index (χ0n) is 18.4. The van der Waals surface area contributed by atoms with E-state index >= 15 is 0 Å². The van der Waals surface area contributed by atoms with Gasteiger partial charge in [-0.3, -0.25) is 14.8 Å². The Hall–Kier alpha value is -2.58. The van der Waals surface area contributed by atoms with Gasteiger partial charge in [0.15, 0.2) is 17.2 Å². The van der Waals surface area contributed by atoms with Crippen LogP contribution in [-0.2, 0) is 25.9 Å². The number of amides is 1. The van der Waals surface area contributed by atoms with Crippen LogP contribution in [0.5, 0.6) is 11.5 Å². The van der Waals surface area contributed by atoms with Crippen LogP contribution in [0.25, 0.3) is 0 Å². The molecule has 1 saturated heterocycles. The molecule has 0 spiro atoms. The number of hydrogen-bond donors (Lipinski definition) is 2. The minimum atomic E-state index is 0.0821. The first-order valence-corrected chi connectivity index (χ1v) is 11.2. The fourth-order valence-corrected chi connectivity index (χ4v) is 5.22. The number of aromatic amines is 1. The summed E-state index contributed by atoms with van der Waals surface area (Å²) in [6, 6.07) is 4.74. The molecular formula is C23H31N5O3. The van der Waals surface area contributed by atoms with E-state index in [1.54, 1.807) is 14.2 Å². The normalized spacial score (nSPS) is 19.6. The van der Waals surface area contributed by atoms with Gasteiger partial charge in [0.05, 0.1) is 19.9 Å². The van der Waals surface area contributed by atoms with Crippen molar-refractivity contribution in [3.8, 4) is 11.5 Å². The van der Waals surface area contributed by atoms with E-state index in [1.165, 1.54) is 11.1 Å². The smallest absolute Gasteiger partial charge is 0.274 e. The monoisotopic (exact) mass is 425 g/mol. The third kappa shape index (κ3) is 3.78. The van der Waals surface area contributed by atoms with Crippen LogP contribution in [0.3, 0.4) is 0 Å². The van der Waals surface area contributed by atoms with Gasteiger partial charge in [-0.1, -0.05) is 0 Å². The molecule has 0 aliphatic carbocycles. The fourth-order valence-electron chi connectivity index (χ4n) is 5.22. The minimum Gasteiger partial charge on any atom is -0.493 e. The number of ether oxygens (including phenoxy) is 2. The van der Waals surface area contributed by atoms with Crippen molar-refractivity contribution in [3.05, 3.63) is 40.2 Å². The lowest BCUT2D eigenvalue weighted by Crippen LogP contribution is -2.48. The molecule has 1 aromatic carbocycles. The van der Waals surface area contributed by atoms with E-state index in [2.05, 4.69) is 32.5 Å². The Bertz CT molecular complexity index is 964. The van der Waals surface area contributed by atoms with Crippen LogP contribution in [0.2, 0.25) is 0 Å². The zero-order valence-corrected chi connectivity index (χ0v) is 18.4. The molecule has 0 radical (unpaired) electrons. The highest BCUT2D eigenvalue weighted by molar-refractivity contribution is 5.94. The lowest BCUT2D eigenvalue weighted by atomic mass is 9.94. The van der Waals surface area contributed by atoms with Gasteiger partial charge < -0.3 is 19.7 Å². The molecule has 8 nitrogen and oxygen atoms in total. The van der Waals surface area contributed by atoms with Gasteiger partial charge in [0.2, 0.25) is 0 Å². The summed E-state index contributed by atoms with van der Waals surface area (Å²) in [6.07, 6.45) is 3.89. The minimum absolute atomic E-state index is 0.0821. The molecule has 4 heterocycles. The molecule has 1 amide bonds. The summed E-state index contributed by atoms with van der Waals surface area (Å²) in [7, 11) is 3.37. The Morgan fingerprint density at radius 3 is 2.55 bits per heavy atom. The quantitative estimate of drug-likeness (QED) is 0.777. The Balaban J connectivity index is 1.22. The number of methoxy groups -OCH3 is 2. The third-order valence-electron chi connectivity index (χ3n) is 7.02. The second-order valence-electron chi connectivity index (χ2n) is 8.68. The molecule has 3 aliphatic rings. The van der Waals surface area contributed by atoms with Crippen LogP contribution in [0.15, 0.2) is 12.1 Å². The maximum atomic E-state index is 13.1. The predicted molar refractivity (Wildman–Crippen MR) is 117 cm³/mol. The molecule has 31 heavy (non-hydrogen) atoms. The van der Waals surface area contributed by atoms with Gasteiger partial charge in [-0.15, -0.1) is 0 Å². The molecule has 2 N–H and O–H groups in total. The van der Waals surface area contributed by atoms with Crippen molar-refractivity contribution in [2.45, 2.75) is 44.8 Å². The van der Waals surface area contributed by atoms with Crippen molar-refractivity contribution < 1.29 is 14.3 Å². The number of likely N-dealkylation sites (tertiary alicyclic amines) is 1. The van der Waals surface area contributed by atoms with Crippen molar-refractivity contribution in [3.63, 3.8) is 0 Å². The van der Waals surface area contributed by atoms with Gasteiger partial charge in [-0.05, 0) is 55.5 Å². The number of aromatic nitrogens is 2. The van der Waals surface area contributed by atoms with Crippen LogP contribution >= 0.6 is 0 Å². The van der Waals surface area contributed by atoms with Crippen molar-refractivity contribution >= 4 is 5.91 Å². The first-order valence-electron chi connectivity index (χ1n) is 11.2. The van der Waals surface area contributed by atoms with Crippen molar-refractivity contribution in [2.24, 2.45) is 0 Å². The Morgan fingerprint density at radius 1 is 1.06 bits per heavy atom. The molecule has 1 aromatic heterocycles. The van der Waals surface area contributed by atoms with Gasteiger partial charge in [0.1, 0.15) is 0 Å². The number of nitrogens with one attached hydrogen (secondary N) is 2. The van der Waals surface area contributed by atoms with E-state index < -0.39 is 0 Å². The topological polar surface area (TPSA) is 82.7 Å². The number of hydrogen-bond acceptors (Lipinski definition) is 6. The maximum absolute atomic E-state index is 13.1. The van der Waals surface area contributed by atoms with Gasteiger partial charge in [-0.25, -0.2) is 0 Å². The van der Waals surface area contributed by atoms with Crippen LogP contribution in [0.4, 0.5) is 0 Å². The molecule has 3 aliphatic heterocycles. The van der Waals surface area contributed by atoms with Gasteiger partial charge in [-0.2, -0.15) is 5.10 Å². The SMILES string of the molecule is COc1cc2c(cc1OC)CN(C1CCN(C(=O)c3n[nH]c4c3CCNC4)CC1)CC2. The molecule has 0 atom stereocenters. The number of benzene rings is 1. The summed E-state index contributed by atoms with van der Waals surface area (Å²) in [6.45, 7) is 5.22. The average molecular weight is 426 g/mol. The number of carbonyl (C=O) groups is 1. The predicted octanol–water partition coefficient (Wildman–Crippen LogP) is 1.74. The van der Waals surface area contributed by atoms with Crippen LogP contribution < -0.4 is 14.8 Å². The van der Waals surface area contributed by atoms with Gasteiger partial charge in [0, 0.05) is 44.3 Å². The summed E-state index contributed by atoms with van der Waals surface area (Å²) < 4.78 is 11.0. The fraction of sp³-hybridized carbons (Fsp3) is 0.565. The molecule has 0 unspecified atom stereocenters. The highest BCUT2D eigenvalue weighted by Gasteiger charge is 2.32. The molecule has 1 fully saturated rings. The molecule has 8 heteroatoms. The number of fused-ring (bicyclic) bond motifs is 2. The van der Waals surface area contributed by atoms with Crippen molar-refractivity contribution in [1.29, 1.82) is 0 Å². The third-order valence-corrected chi connectivity index (χ3v) is 7.02. The zero-order chi connectivity index (χ0) is 21.4. The molecule has 0 saturated carbocycles. The standard InChI is InChI=1S/C23H31N5O3/c1-30-20-11-15-4-8-28(14-16(15)12-21(20)31-2)17-5-9-27(10-6-17)23(29)22-18-3-7-24-13-19(18)25-26-22/h11-12,17,24H,3-10,13-14H2,1-2H3,(H,25,26). The van der Waals surface area contributed by atoms with E-state index in [-0.39, 0.29) is 5.91 Å². The number of carbonyl (C=O) groups excluding carboxylic acids is 1. The van der Waals surface area contributed by atoms with Gasteiger partial charge >= 0.3 is 0 Å².